The maximum absolute atomic E-state index is 14.2. The van der Waals surface area contributed by atoms with Crippen LogP contribution in [0.3, 0.4) is 0 Å². The Kier molecular flexibility index (Phi) is 7.68. The number of halogens is 3. The normalized spacial score (nSPS) is 15.8. The standard InChI is InChI=1S/C24H25F3N6O3S/c1-2-13-37(34,35)32-22-23(31-20-6-4-3-5-19(20)30-22)36-21(24(25,26)27)16-9-11-33(12-10-16)18-8-7-17(14-28)29-15-18/h3-8,15-16,21H,2,9-13H2,1H3,(H,30,32). The molecule has 0 radical (unpaired) electrons. The predicted molar refractivity (Wildman–Crippen MR) is 132 cm³/mol. The van der Waals surface area contributed by atoms with E-state index in [0.29, 0.717) is 25.0 Å². The Labute approximate surface area is 212 Å². The Morgan fingerprint density at radius 1 is 1.16 bits per heavy atom. The van der Waals surface area contributed by atoms with Gasteiger partial charge in [-0.05, 0) is 43.5 Å². The smallest absolute Gasteiger partial charge is 0.425 e. The van der Waals surface area contributed by atoms with E-state index in [9.17, 15) is 21.6 Å². The third-order valence-corrected chi connectivity index (χ3v) is 7.47. The molecule has 1 atom stereocenters. The average molecular weight is 535 g/mol. The summed E-state index contributed by atoms with van der Waals surface area (Å²) in [5.41, 5.74) is 1.57. The number of benzene rings is 1. The van der Waals surface area contributed by atoms with Crippen LogP contribution in [0.25, 0.3) is 11.0 Å². The molecule has 3 heterocycles. The molecule has 37 heavy (non-hydrogen) atoms. The van der Waals surface area contributed by atoms with E-state index in [4.69, 9.17) is 10.00 Å². The van der Waals surface area contributed by atoms with Crippen molar-refractivity contribution >= 4 is 32.6 Å². The molecule has 1 fully saturated rings. The second-order valence-electron chi connectivity index (χ2n) is 8.70. The highest BCUT2D eigenvalue weighted by Crippen LogP contribution is 2.37. The highest BCUT2D eigenvalue weighted by molar-refractivity contribution is 7.92. The van der Waals surface area contributed by atoms with Gasteiger partial charge in [0, 0.05) is 19.0 Å². The molecule has 1 saturated heterocycles. The van der Waals surface area contributed by atoms with Crippen molar-refractivity contribution in [2.75, 3.05) is 28.5 Å². The number of anilines is 2. The third-order valence-electron chi connectivity index (χ3n) is 6.02. The van der Waals surface area contributed by atoms with Crippen LogP contribution >= 0.6 is 0 Å². The number of para-hydroxylation sites is 2. The summed E-state index contributed by atoms with van der Waals surface area (Å²) in [5, 5.41) is 8.91. The minimum absolute atomic E-state index is 0.169. The molecule has 1 aliphatic rings. The van der Waals surface area contributed by atoms with E-state index in [-0.39, 0.29) is 35.6 Å². The molecule has 1 aliphatic heterocycles. The van der Waals surface area contributed by atoms with Gasteiger partial charge < -0.3 is 9.64 Å². The maximum Gasteiger partial charge on any atom is 0.425 e. The summed E-state index contributed by atoms with van der Waals surface area (Å²) in [6.07, 6.45) is -4.76. The Hall–Kier alpha value is -3.66. The van der Waals surface area contributed by atoms with Crippen molar-refractivity contribution in [1.29, 1.82) is 5.26 Å². The summed E-state index contributed by atoms with van der Waals surface area (Å²) >= 11 is 0. The first-order chi connectivity index (χ1) is 17.6. The lowest BCUT2D eigenvalue weighted by atomic mass is 9.90. The van der Waals surface area contributed by atoms with E-state index in [1.165, 1.54) is 6.20 Å². The van der Waals surface area contributed by atoms with Crippen LogP contribution in [0, 0.1) is 17.2 Å². The summed E-state index contributed by atoms with van der Waals surface area (Å²) < 4.78 is 75.2. The van der Waals surface area contributed by atoms with E-state index in [2.05, 4.69) is 19.7 Å². The molecule has 4 rings (SSSR count). The van der Waals surface area contributed by atoms with Crippen LogP contribution in [0.4, 0.5) is 24.7 Å². The lowest BCUT2D eigenvalue weighted by molar-refractivity contribution is -0.212. The van der Waals surface area contributed by atoms with Crippen LogP contribution in [0.5, 0.6) is 5.88 Å². The molecule has 0 amide bonds. The van der Waals surface area contributed by atoms with Crippen LogP contribution in [-0.2, 0) is 10.0 Å². The van der Waals surface area contributed by atoms with Gasteiger partial charge in [-0.3, -0.25) is 4.72 Å². The van der Waals surface area contributed by atoms with E-state index >= 15 is 0 Å². The van der Waals surface area contributed by atoms with Crippen LogP contribution in [0.15, 0.2) is 42.6 Å². The Morgan fingerprint density at radius 3 is 2.41 bits per heavy atom. The number of sulfonamides is 1. The molecule has 9 nitrogen and oxygen atoms in total. The molecule has 1 N–H and O–H groups in total. The van der Waals surface area contributed by atoms with Gasteiger partial charge in [-0.25, -0.2) is 23.4 Å². The minimum atomic E-state index is -4.73. The van der Waals surface area contributed by atoms with E-state index in [1.54, 1.807) is 43.3 Å². The number of ether oxygens (including phenoxy) is 1. The number of fused-ring (bicyclic) bond motifs is 1. The number of pyridine rings is 1. The Balaban J connectivity index is 1.59. The second kappa shape index (κ2) is 10.8. The molecule has 1 unspecified atom stereocenters. The van der Waals surface area contributed by atoms with Crippen molar-refractivity contribution in [1.82, 2.24) is 15.0 Å². The molecule has 196 valence electrons. The van der Waals surface area contributed by atoms with Crippen LogP contribution < -0.4 is 14.4 Å². The fraction of sp³-hybridized carbons (Fsp3) is 0.417. The summed E-state index contributed by atoms with van der Waals surface area (Å²) in [6, 6.07) is 11.7. The Morgan fingerprint density at radius 2 is 1.84 bits per heavy atom. The van der Waals surface area contributed by atoms with Gasteiger partial charge in [-0.2, -0.15) is 18.4 Å². The first-order valence-corrected chi connectivity index (χ1v) is 13.4. The van der Waals surface area contributed by atoms with E-state index < -0.39 is 34.1 Å². The maximum atomic E-state index is 14.2. The zero-order valence-electron chi connectivity index (χ0n) is 19.9. The van der Waals surface area contributed by atoms with Gasteiger partial charge in [0.25, 0.3) is 5.88 Å². The Bertz CT molecular complexity index is 1390. The van der Waals surface area contributed by atoms with Crippen molar-refractivity contribution in [3.8, 4) is 11.9 Å². The van der Waals surface area contributed by atoms with Gasteiger partial charge in [-0.1, -0.05) is 19.1 Å². The number of hydrogen-bond donors (Lipinski definition) is 1. The van der Waals surface area contributed by atoms with Gasteiger partial charge in [0.15, 0.2) is 6.10 Å². The molecule has 0 spiro atoms. The molecule has 0 saturated carbocycles. The van der Waals surface area contributed by atoms with Crippen LogP contribution in [-0.4, -0.2) is 54.5 Å². The van der Waals surface area contributed by atoms with E-state index in [0.717, 1.165) is 5.69 Å². The third kappa shape index (κ3) is 6.37. The van der Waals surface area contributed by atoms with Gasteiger partial charge in [0.1, 0.15) is 11.8 Å². The monoisotopic (exact) mass is 534 g/mol. The first kappa shape index (κ1) is 26.4. The largest absolute Gasteiger partial charge is 0.462 e. The molecule has 13 heteroatoms. The number of aromatic nitrogens is 3. The van der Waals surface area contributed by atoms with Crippen molar-refractivity contribution < 1.29 is 26.3 Å². The molecule has 0 bridgehead atoms. The van der Waals surface area contributed by atoms with Crippen molar-refractivity contribution in [2.24, 2.45) is 5.92 Å². The lowest BCUT2D eigenvalue weighted by Gasteiger charge is -2.37. The number of nitrogens with one attached hydrogen (secondary N) is 1. The molecule has 3 aromatic rings. The van der Waals surface area contributed by atoms with Gasteiger partial charge in [-0.15, -0.1) is 0 Å². The van der Waals surface area contributed by atoms with Crippen LogP contribution in [0.1, 0.15) is 31.9 Å². The van der Waals surface area contributed by atoms with Crippen LogP contribution in [0.2, 0.25) is 0 Å². The summed E-state index contributed by atoms with van der Waals surface area (Å²) in [6.45, 7) is 2.32. The number of alkyl halides is 3. The number of nitrogens with zero attached hydrogens (tertiary/aromatic N) is 5. The van der Waals surface area contributed by atoms with E-state index in [1.807, 2.05) is 11.0 Å². The molecular formula is C24H25F3N6O3S. The first-order valence-electron chi connectivity index (χ1n) is 11.7. The molecule has 2 aromatic heterocycles. The molecule has 0 aliphatic carbocycles. The van der Waals surface area contributed by atoms with Gasteiger partial charge >= 0.3 is 6.18 Å². The van der Waals surface area contributed by atoms with Crippen molar-refractivity contribution in [2.45, 2.75) is 38.5 Å². The minimum Gasteiger partial charge on any atom is -0.462 e. The fourth-order valence-corrected chi connectivity index (χ4v) is 5.32. The number of hydrogen-bond acceptors (Lipinski definition) is 8. The zero-order chi connectivity index (χ0) is 26.6. The second-order valence-corrected chi connectivity index (χ2v) is 10.5. The summed E-state index contributed by atoms with van der Waals surface area (Å²) in [5.74, 6) is -2.01. The fourth-order valence-electron chi connectivity index (χ4n) is 4.25. The number of piperidine rings is 1. The number of rotatable bonds is 8. The molecule has 1 aromatic carbocycles. The van der Waals surface area contributed by atoms with Crippen molar-refractivity contribution in [3.05, 3.63) is 48.3 Å². The SMILES string of the molecule is CCCS(=O)(=O)Nc1nc2ccccc2nc1OC(C1CCN(c2ccc(C#N)nc2)CC1)C(F)(F)F. The summed E-state index contributed by atoms with van der Waals surface area (Å²) in [7, 11) is -3.86. The topological polar surface area (TPSA) is 121 Å². The highest BCUT2D eigenvalue weighted by Gasteiger charge is 2.48. The molecular weight excluding hydrogens is 509 g/mol. The van der Waals surface area contributed by atoms with Gasteiger partial charge in [0.2, 0.25) is 15.8 Å². The highest BCUT2D eigenvalue weighted by atomic mass is 32.2. The number of nitriles is 1. The van der Waals surface area contributed by atoms with Gasteiger partial charge in [0.05, 0.1) is 28.7 Å². The quantitative estimate of drug-likeness (QED) is 0.455. The lowest BCUT2D eigenvalue weighted by Crippen LogP contribution is -2.46. The van der Waals surface area contributed by atoms with Crippen molar-refractivity contribution in [3.63, 3.8) is 0 Å². The zero-order valence-corrected chi connectivity index (χ0v) is 20.8. The predicted octanol–water partition coefficient (Wildman–Crippen LogP) is 4.27. The summed E-state index contributed by atoms with van der Waals surface area (Å²) in [4.78, 5) is 14.3. The average Bonchev–Trinajstić information content (AvgIpc) is 2.86.